The maximum absolute atomic E-state index is 11.0. The summed E-state index contributed by atoms with van der Waals surface area (Å²) in [4.78, 5) is 11.0. The minimum Gasteiger partial charge on any atom is -0.491 e. The zero-order valence-corrected chi connectivity index (χ0v) is 8.90. The van der Waals surface area contributed by atoms with Crippen LogP contribution in [-0.2, 0) is 9.53 Å². The molecule has 2 N–H and O–H groups in total. The lowest BCUT2D eigenvalue weighted by atomic mass is 10.2. The molecule has 0 amide bonds. The molecular weight excluding hydrogens is 194 g/mol. The van der Waals surface area contributed by atoms with Crippen molar-refractivity contribution in [1.29, 1.82) is 0 Å². The third kappa shape index (κ3) is 3.25. The van der Waals surface area contributed by atoms with Crippen LogP contribution in [0, 0.1) is 6.92 Å². The van der Waals surface area contributed by atoms with Crippen molar-refractivity contribution in [3.05, 3.63) is 29.8 Å². The maximum atomic E-state index is 11.0. The van der Waals surface area contributed by atoms with Crippen LogP contribution in [-0.4, -0.2) is 25.7 Å². The number of methoxy groups -OCH3 is 1. The van der Waals surface area contributed by atoms with Gasteiger partial charge in [0.25, 0.3) is 0 Å². The Bertz CT molecular complexity index is 338. The van der Waals surface area contributed by atoms with E-state index in [0.29, 0.717) is 0 Å². The normalized spacial score (nSPS) is 11.9. The van der Waals surface area contributed by atoms with Crippen LogP contribution in [0.1, 0.15) is 5.56 Å². The van der Waals surface area contributed by atoms with Gasteiger partial charge in [-0.2, -0.15) is 0 Å². The van der Waals surface area contributed by atoms with Gasteiger partial charge in [0, 0.05) is 0 Å². The van der Waals surface area contributed by atoms with E-state index in [1.165, 1.54) is 7.11 Å². The molecule has 1 aromatic rings. The summed E-state index contributed by atoms with van der Waals surface area (Å²) in [6, 6.07) is 6.81. The van der Waals surface area contributed by atoms with E-state index in [0.717, 1.165) is 11.3 Å². The molecule has 0 fully saturated rings. The average Bonchev–Trinajstić information content (AvgIpc) is 2.26. The number of aryl methyl sites for hydroxylation is 1. The molecule has 0 radical (unpaired) electrons. The van der Waals surface area contributed by atoms with Gasteiger partial charge < -0.3 is 15.2 Å². The number of esters is 1. The van der Waals surface area contributed by atoms with Crippen LogP contribution in [0.15, 0.2) is 24.3 Å². The van der Waals surface area contributed by atoms with Crippen molar-refractivity contribution < 1.29 is 14.3 Å². The second kappa shape index (κ2) is 5.36. The Hall–Kier alpha value is -1.55. The van der Waals surface area contributed by atoms with Gasteiger partial charge in [-0.05, 0) is 18.6 Å². The van der Waals surface area contributed by atoms with Crippen LogP contribution in [0.2, 0.25) is 0 Å². The molecule has 0 bridgehead atoms. The smallest absolute Gasteiger partial charge is 0.326 e. The van der Waals surface area contributed by atoms with Crippen molar-refractivity contribution in [1.82, 2.24) is 0 Å². The Labute approximate surface area is 89.0 Å². The summed E-state index contributed by atoms with van der Waals surface area (Å²) < 4.78 is 9.88. The SMILES string of the molecule is COC(=O)[C@@H](N)COc1ccccc1C. The molecule has 0 unspecified atom stereocenters. The molecule has 82 valence electrons. The molecule has 4 nitrogen and oxygen atoms in total. The predicted octanol–water partition coefficient (Wildman–Crippen LogP) is 0.874. The van der Waals surface area contributed by atoms with Crippen LogP contribution in [0.5, 0.6) is 5.75 Å². The lowest BCUT2D eigenvalue weighted by Gasteiger charge is -2.12. The first kappa shape index (κ1) is 11.5. The Kier molecular flexibility index (Phi) is 4.12. The summed E-state index contributed by atoms with van der Waals surface area (Å²) >= 11 is 0. The summed E-state index contributed by atoms with van der Waals surface area (Å²) in [5, 5.41) is 0. The van der Waals surface area contributed by atoms with E-state index in [1.54, 1.807) is 0 Å². The molecule has 0 aliphatic heterocycles. The Balaban J connectivity index is 2.50. The Morgan fingerprint density at radius 2 is 2.13 bits per heavy atom. The highest BCUT2D eigenvalue weighted by molar-refractivity contribution is 5.75. The number of carbonyl (C=O) groups excluding carboxylic acids is 1. The number of nitrogens with two attached hydrogens (primary N) is 1. The molecule has 0 heterocycles. The van der Waals surface area contributed by atoms with Crippen LogP contribution in [0.25, 0.3) is 0 Å². The number of hydrogen-bond acceptors (Lipinski definition) is 4. The first-order chi connectivity index (χ1) is 7.15. The van der Waals surface area contributed by atoms with Crippen LogP contribution in [0.4, 0.5) is 0 Å². The molecule has 1 aromatic carbocycles. The zero-order valence-electron chi connectivity index (χ0n) is 8.90. The zero-order chi connectivity index (χ0) is 11.3. The van der Waals surface area contributed by atoms with Gasteiger partial charge in [-0.3, -0.25) is 4.79 Å². The van der Waals surface area contributed by atoms with Crippen LogP contribution in [0.3, 0.4) is 0 Å². The van der Waals surface area contributed by atoms with Gasteiger partial charge in [-0.1, -0.05) is 18.2 Å². The van der Waals surface area contributed by atoms with Crippen LogP contribution >= 0.6 is 0 Å². The maximum Gasteiger partial charge on any atom is 0.326 e. The van der Waals surface area contributed by atoms with Crippen molar-refractivity contribution >= 4 is 5.97 Å². The third-order valence-corrected chi connectivity index (χ3v) is 2.02. The summed E-state index contributed by atoms with van der Waals surface area (Å²) in [7, 11) is 1.30. The quantitative estimate of drug-likeness (QED) is 0.747. The fraction of sp³-hybridized carbons (Fsp3) is 0.364. The van der Waals surface area contributed by atoms with Gasteiger partial charge in [0.1, 0.15) is 18.4 Å². The molecule has 1 atom stereocenters. The van der Waals surface area contributed by atoms with Crippen molar-refractivity contribution in [2.24, 2.45) is 5.73 Å². The van der Waals surface area contributed by atoms with E-state index in [4.69, 9.17) is 10.5 Å². The van der Waals surface area contributed by atoms with Gasteiger partial charge in [0.2, 0.25) is 0 Å². The molecule has 4 heteroatoms. The molecular formula is C11H15NO3. The largest absolute Gasteiger partial charge is 0.491 e. The first-order valence-corrected chi connectivity index (χ1v) is 4.67. The molecule has 0 saturated heterocycles. The second-order valence-corrected chi connectivity index (χ2v) is 3.21. The average molecular weight is 209 g/mol. The molecule has 0 spiro atoms. The standard InChI is InChI=1S/C11H15NO3/c1-8-5-3-4-6-10(8)15-7-9(12)11(13)14-2/h3-6,9H,7,12H2,1-2H3/t9-/m0/s1. The lowest BCUT2D eigenvalue weighted by Crippen LogP contribution is -2.37. The van der Waals surface area contributed by atoms with Crippen molar-refractivity contribution in [2.45, 2.75) is 13.0 Å². The molecule has 0 aliphatic carbocycles. The summed E-state index contributed by atoms with van der Waals surface area (Å²) in [6.07, 6.45) is 0. The van der Waals surface area contributed by atoms with Gasteiger partial charge >= 0.3 is 5.97 Å². The molecule has 1 rings (SSSR count). The summed E-state index contributed by atoms with van der Waals surface area (Å²) in [5.41, 5.74) is 6.53. The Morgan fingerprint density at radius 3 is 2.73 bits per heavy atom. The van der Waals surface area contributed by atoms with Gasteiger partial charge in [0.15, 0.2) is 0 Å². The number of rotatable bonds is 4. The van der Waals surface area contributed by atoms with Crippen molar-refractivity contribution in [3.63, 3.8) is 0 Å². The van der Waals surface area contributed by atoms with Gasteiger partial charge in [-0.15, -0.1) is 0 Å². The highest BCUT2D eigenvalue weighted by atomic mass is 16.5. The Morgan fingerprint density at radius 1 is 1.47 bits per heavy atom. The number of ether oxygens (including phenoxy) is 2. The molecule has 0 aromatic heterocycles. The van der Waals surface area contributed by atoms with E-state index >= 15 is 0 Å². The molecule has 0 saturated carbocycles. The number of carbonyl (C=O) groups is 1. The van der Waals surface area contributed by atoms with E-state index in [2.05, 4.69) is 4.74 Å². The summed E-state index contributed by atoms with van der Waals surface area (Å²) in [6.45, 7) is 2.05. The van der Waals surface area contributed by atoms with Gasteiger partial charge in [-0.25, -0.2) is 0 Å². The fourth-order valence-corrected chi connectivity index (χ4v) is 1.12. The second-order valence-electron chi connectivity index (χ2n) is 3.21. The van der Waals surface area contributed by atoms with Crippen LogP contribution < -0.4 is 10.5 Å². The summed E-state index contributed by atoms with van der Waals surface area (Å²) in [5.74, 6) is 0.264. The van der Waals surface area contributed by atoms with E-state index in [-0.39, 0.29) is 6.61 Å². The number of para-hydroxylation sites is 1. The minimum absolute atomic E-state index is 0.123. The lowest BCUT2D eigenvalue weighted by molar-refractivity contribution is -0.142. The third-order valence-electron chi connectivity index (χ3n) is 2.02. The molecule has 15 heavy (non-hydrogen) atoms. The van der Waals surface area contributed by atoms with E-state index < -0.39 is 12.0 Å². The van der Waals surface area contributed by atoms with Crippen molar-refractivity contribution in [2.75, 3.05) is 13.7 Å². The number of benzene rings is 1. The predicted molar refractivity (Wildman–Crippen MR) is 56.7 cm³/mol. The fourth-order valence-electron chi connectivity index (χ4n) is 1.12. The topological polar surface area (TPSA) is 61.5 Å². The molecule has 0 aliphatic rings. The van der Waals surface area contributed by atoms with Gasteiger partial charge in [0.05, 0.1) is 7.11 Å². The van der Waals surface area contributed by atoms with Crippen molar-refractivity contribution in [3.8, 4) is 5.75 Å². The highest BCUT2D eigenvalue weighted by Gasteiger charge is 2.14. The van der Waals surface area contributed by atoms with E-state index in [1.807, 2.05) is 31.2 Å². The number of hydrogen-bond donors (Lipinski definition) is 1. The van der Waals surface area contributed by atoms with E-state index in [9.17, 15) is 4.79 Å². The minimum atomic E-state index is -0.741. The first-order valence-electron chi connectivity index (χ1n) is 4.67. The monoisotopic (exact) mass is 209 g/mol. The highest BCUT2D eigenvalue weighted by Crippen LogP contribution is 2.15.